The lowest BCUT2D eigenvalue weighted by Gasteiger charge is -2.16. The van der Waals surface area contributed by atoms with E-state index in [9.17, 15) is 4.79 Å². The highest BCUT2D eigenvalue weighted by Gasteiger charge is 2.13. The number of unbranched alkanes of at least 4 members (excludes halogenated alkanes) is 1. The topological polar surface area (TPSA) is 58.1 Å². The lowest BCUT2D eigenvalue weighted by atomic mass is 10.1. The molecule has 0 radical (unpaired) electrons. The van der Waals surface area contributed by atoms with Crippen LogP contribution in [0.1, 0.15) is 41.4 Å². The van der Waals surface area contributed by atoms with Crippen LogP contribution in [0.5, 0.6) is 0 Å². The van der Waals surface area contributed by atoms with Crippen molar-refractivity contribution >= 4 is 17.4 Å². The van der Waals surface area contributed by atoms with Crippen LogP contribution in [-0.2, 0) is 0 Å². The highest BCUT2D eigenvalue weighted by atomic mass is 16.2. The Labute approximate surface area is 137 Å². The molecule has 2 aromatic rings. The van der Waals surface area contributed by atoms with Crippen LogP contribution in [0.4, 0.5) is 11.5 Å². The third kappa shape index (κ3) is 4.52. The fourth-order valence-corrected chi connectivity index (χ4v) is 2.30. The number of aryl methyl sites for hydroxylation is 2. The number of hydrogen-bond acceptors (Lipinski definition) is 4. The molecule has 0 aliphatic carbocycles. The minimum Gasteiger partial charge on any atom is -0.340 e. The summed E-state index contributed by atoms with van der Waals surface area (Å²) in [6, 6.07) is 9.67. The van der Waals surface area contributed by atoms with Gasteiger partial charge in [0.05, 0.1) is 0 Å². The molecule has 0 saturated carbocycles. The molecule has 0 unspecified atom stereocenters. The van der Waals surface area contributed by atoms with Gasteiger partial charge in [-0.3, -0.25) is 4.79 Å². The standard InChI is InChI=1S/C18H24N4O/c1-5-6-11-22(4)18(23)16-9-10-17(21-20-16)19-15-8-7-13(2)12-14(15)3/h7-10,12H,5-6,11H2,1-4H3,(H,19,21). The van der Waals surface area contributed by atoms with Crippen LogP contribution in [-0.4, -0.2) is 34.6 Å². The van der Waals surface area contributed by atoms with Gasteiger partial charge in [0.25, 0.3) is 5.91 Å². The first-order valence-electron chi connectivity index (χ1n) is 7.94. The third-order valence-electron chi connectivity index (χ3n) is 3.72. The van der Waals surface area contributed by atoms with Crippen LogP contribution in [0.2, 0.25) is 0 Å². The average Bonchev–Trinajstić information content (AvgIpc) is 2.55. The zero-order chi connectivity index (χ0) is 16.8. The fraction of sp³-hybridized carbons (Fsp3) is 0.389. The van der Waals surface area contributed by atoms with Gasteiger partial charge in [-0.1, -0.05) is 31.0 Å². The zero-order valence-corrected chi connectivity index (χ0v) is 14.3. The summed E-state index contributed by atoms with van der Waals surface area (Å²) in [4.78, 5) is 13.9. The highest BCUT2D eigenvalue weighted by molar-refractivity contribution is 5.92. The van der Waals surface area contributed by atoms with Crippen LogP contribution >= 0.6 is 0 Å². The lowest BCUT2D eigenvalue weighted by molar-refractivity contribution is 0.0786. The van der Waals surface area contributed by atoms with Crippen LogP contribution in [0.15, 0.2) is 30.3 Å². The summed E-state index contributed by atoms with van der Waals surface area (Å²) in [5.41, 5.74) is 3.72. The molecule has 1 N–H and O–H groups in total. The smallest absolute Gasteiger partial charge is 0.274 e. The average molecular weight is 312 g/mol. The summed E-state index contributed by atoms with van der Waals surface area (Å²) < 4.78 is 0. The Bertz CT molecular complexity index is 667. The number of carbonyl (C=O) groups excluding carboxylic acids is 1. The second-order valence-electron chi connectivity index (χ2n) is 5.83. The molecule has 23 heavy (non-hydrogen) atoms. The van der Waals surface area contributed by atoms with E-state index in [1.165, 1.54) is 5.56 Å². The molecule has 122 valence electrons. The number of nitrogens with zero attached hydrogens (tertiary/aromatic N) is 3. The molecule has 1 aromatic heterocycles. The van der Waals surface area contributed by atoms with Gasteiger partial charge < -0.3 is 10.2 Å². The maximum atomic E-state index is 12.2. The summed E-state index contributed by atoms with van der Waals surface area (Å²) in [6.45, 7) is 6.95. The Morgan fingerprint density at radius 3 is 2.57 bits per heavy atom. The summed E-state index contributed by atoms with van der Waals surface area (Å²) >= 11 is 0. The van der Waals surface area contributed by atoms with Crippen molar-refractivity contribution in [3.63, 3.8) is 0 Å². The van der Waals surface area contributed by atoms with Crippen LogP contribution in [0, 0.1) is 13.8 Å². The monoisotopic (exact) mass is 312 g/mol. The van der Waals surface area contributed by atoms with Crippen molar-refractivity contribution < 1.29 is 4.79 Å². The summed E-state index contributed by atoms with van der Waals surface area (Å²) in [5.74, 6) is 0.536. The molecular formula is C18H24N4O. The van der Waals surface area contributed by atoms with E-state index in [1.54, 1.807) is 24.1 Å². The van der Waals surface area contributed by atoms with Crippen LogP contribution < -0.4 is 5.32 Å². The molecule has 0 aliphatic heterocycles. The van der Waals surface area contributed by atoms with Crippen LogP contribution in [0.25, 0.3) is 0 Å². The van der Waals surface area contributed by atoms with Crippen molar-refractivity contribution in [3.05, 3.63) is 47.2 Å². The second-order valence-corrected chi connectivity index (χ2v) is 5.83. The van der Waals surface area contributed by atoms with Gasteiger partial charge in [0.1, 0.15) is 0 Å². The van der Waals surface area contributed by atoms with E-state index >= 15 is 0 Å². The predicted molar refractivity (Wildman–Crippen MR) is 93.1 cm³/mol. The molecule has 1 amide bonds. The first-order valence-corrected chi connectivity index (χ1v) is 7.94. The van der Waals surface area contributed by atoms with E-state index < -0.39 is 0 Å². The minimum atomic E-state index is -0.0935. The number of rotatable bonds is 6. The minimum absolute atomic E-state index is 0.0935. The molecule has 2 rings (SSSR count). The van der Waals surface area contributed by atoms with Gasteiger partial charge in [-0.05, 0) is 44.0 Å². The number of aromatic nitrogens is 2. The normalized spacial score (nSPS) is 10.4. The summed E-state index contributed by atoms with van der Waals surface area (Å²) in [6.07, 6.45) is 2.05. The molecular weight excluding hydrogens is 288 g/mol. The van der Waals surface area contributed by atoms with Gasteiger partial charge >= 0.3 is 0 Å². The molecule has 1 heterocycles. The number of nitrogens with one attached hydrogen (secondary N) is 1. The third-order valence-corrected chi connectivity index (χ3v) is 3.72. The largest absolute Gasteiger partial charge is 0.340 e. The first-order chi connectivity index (χ1) is 11.0. The second kappa shape index (κ2) is 7.72. The van der Waals surface area contributed by atoms with E-state index in [4.69, 9.17) is 0 Å². The van der Waals surface area contributed by atoms with E-state index in [2.05, 4.69) is 35.4 Å². The van der Waals surface area contributed by atoms with Gasteiger partial charge in [0, 0.05) is 19.3 Å². The van der Waals surface area contributed by atoms with Crippen molar-refractivity contribution in [2.24, 2.45) is 0 Å². The van der Waals surface area contributed by atoms with E-state index in [0.717, 1.165) is 30.6 Å². The molecule has 5 nitrogen and oxygen atoms in total. The molecule has 0 atom stereocenters. The summed E-state index contributed by atoms with van der Waals surface area (Å²) in [5, 5.41) is 11.4. The maximum Gasteiger partial charge on any atom is 0.274 e. The lowest BCUT2D eigenvalue weighted by Crippen LogP contribution is -2.28. The van der Waals surface area contributed by atoms with Gasteiger partial charge in [-0.15, -0.1) is 10.2 Å². The fourth-order valence-electron chi connectivity index (χ4n) is 2.30. The Hall–Kier alpha value is -2.43. The Morgan fingerprint density at radius 1 is 1.17 bits per heavy atom. The number of anilines is 2. The number of amides is 1. The molecule has 5 heteroatoms. The summed E-state index contributed by atoms with van der Waals surface area (Å²) in [7, 11) is 1.79. The van der Waals surface area contributed by atoms with E-state index in [1.807, 2.05) is 19.1 Å². The maximum absolute atomic E-state index is 12.2. The van der Waals surface area contributed by atoms with Crippen molar-refractivity contribution in [2.75, 3.05) is 18.9 Å². The molecule has 0 saturated heterocycles. The molecule has 0 aliphatic rings. The van der Waals surface area contributed by atoms with Gasteiger partial charge in [0.2, 0.25) is 0 Å². The van der Waals surface area contributed by atoms with Crippen molar-refractivity contribution in [2.45, 2.75) is 33.6 Å². The first kappa shape index (κ1) is 16.9. The quantitative estimate of drug-likeness (QED) is 0.883. The van der Waals surface area contributed by atoms with Crippen molar-refractivity contribution in [1.29, 1.82) is 0 Å². The van der Waals surface area contributed by atoms with Gasteiger partial charge in [-0.25, -0.2) is 0 Å². The molecule has 0 fully saturated rings. The molecule has 0 bridgehead atoms. The Kier molecular flexibility index (Phi) is 5.68. The van der Waals surface area contributed by atoms with Gasteiger partial charge in [-0.2, -0.15) is 0 Å². The number of carbonyl (C=O) groups is 1. The van der Waals surface area contributed by atoms with E-state index in [0.29, 0.717) is 11.5 Å². The Balaban J connectivity index is 2.05. The highest BCUT2D eigenvalue weighted by Crippen LogP contribution is 2.20. The number of benzene rings is 1. The van der Waals surface area contributed by atoms with Crippen molar-refractivity contribution in [3.8, 4) is 0 Å². The number of hydrogen-bond donors (Lipinski definition) is 1. The molecule has 1 aromatic carbocycles. The van der Waals surface area contributed by atoms with Crippen molar-refractivity contribution in [1.82, 2.24) is 15.1 Å². The van der Waals surface area contributed by atoms with E-state index in [-0.39, 0.29) is 5.91 Å². The van der Waals surface area contributed by atoms with Gasteiger partial charge in [0.15, 0.2) is 11.5 Å². The SMILES string of the molecule is CCCCN(C)C(=O)c1ccc(Nc2ccc(C)cc2C)nn1. The molecule has 0 spiro atoms. The zero-order valence-electron chi connectivity index (χ0n) is 14.3. The Morgan fingerprint density at radius 2 is 1.96 bits per heavy atom. The predicted octanol–water partition coefficient (Wildman–Crippen LogP) is 3.71. The van der Waals surface area contributed by atoms with Crippen LogP contribution in [0.3, 0.4) is 0 Å².